The SMILES string of the molecule is CSc1nccc(CN2C(=O)N(c3ccc(SC(F)(F)F)cc3)C(=O)C2(C)C)n1. The van der Waals surface area contributed by atoms with Gasteiger partial charge >= 0.3 is 11.5 Å². The van der Waals surface area contributed by atoms with E-state index in [1.807, 2.05) is 6.26 Å². The molecule has 0 aliphatic carbocycles. The predicted molar refractivity (Wildman–Crippen MR) is 105 cm³/mol. The highest BCUT2D eigenvalue weighted by Crippen LogP contribution is 2.38. The van der Waals surface area contributed by atoms with E-state index in [4.69, 9.17) is 0 Å². The average molecular weight is 442 g/mol. The second-order valence-electron chi connectivity index (χ2n) is 6.64. The molecule has 3 rings (SSSR count). The van der Waals surface area contributed by atoms with Crippen LogP contribution in [0.15, 0.2) is 46.6 Å². The molecule has 1 saturated heterocycles. The van der Waals surface area contributed by atoms with Crippen LogP contribution in [-0.2, 0) is 11.3 Å². The van der Waals surface area contributed by atoms with Crippen LogP contribution in [0.4, 0.5) is 23.7 Å². The van der Waals surface area contributed by atoms with E-state index in [9.17, 15) is 22.8 Å². The molecule has 29 heavy (non-hydrogen) atoms. The van der Waals surface area contributed by atoms with Crippen LogP contribution in [0.5, 0.6) is 0 Å². The molecule has 6 nitrogen and oxygen atoms in total. The van der Waals surface area contributed by atoms with Crippen molar-refractivity contribution in [1.82, 2.24) is 14.9 Å². The maximum atomic E-state index is 13.0. The summed E-state index contributed by atoms with van der Waals surface area (Å²) in [5.41, 5.74) is -4.75. The fourth-order valence-electron chi connectivity index (χ4n) is 2.85. The van der Waals surface area contributed by atoms with Crippen LogP contribution in [0.25, 0.3) is 0 Å². The van der Waals surface area contributed by atoms with E-state index in [1.165, 1.54) is 40.9 Å². The Morgan fingerprint density at radius 3 is 2.34 bits per heavy atom. The molecule has 0 N–H and O–H groups in total. The van der Waals surface area contributed by atoms with Crippen LogP contribution < -0.4 is 4.90 Å². The summed E-state index contributed by atoms with van der Waals surface area (Å²) in [5.74, 6) is -0.460. The number of amides is 3. The van der Waals surface area contributed by atoms with E-state index < -0.39 is 23.0 Å². The Labute approximate surface area is 173 Å². The largest absolute Gasteiger partial charge is 0.446 e. The van der Waals surface area contributed by atoms with E-state index in [0.29, 0.717) is 10.9 Å². The van der Waals surface area contributed by atoms with Gasteiger partial charge in [-0.1, -0.05) is 11.8 Å². The van der Waals surface area contributed by atoms with Gasteiger partial charge in [-0.3, -0.25) is 4.79 Å². The van der Waals surface area contributed by atoms with Crippen LogP contribution in [0.3, 0.4) is 0 Å². The van der Waals surface area contributed by atoms with Gasteiger partial charge in [-0.25, -0.2) is 19.7 Å². The number of anilines is 1. The molecule has 0 radical (unpaired) electrons. The molecular formula is C18H17F3N4O2S2. The van der Waals surface area contributed by atoms with Crippen LogP contribution >= 0.6 is 23.5 Å². The third kappa shape index (κ3) is 4.50. The lowest BCUT2D eigenvalue weighted by molar-refractivity contribution is -0.123. The van der Waals surface area contributed by atoms with Crippen molar-refractivity contribution in [3.05, 3.63) is 42.2 Å². The van der Waals surface area contributed by atoms with Crippen molar-refractivity contribution >= 4 is 41.1 Å². The molecule has 1 aliphatic heterocycles. The average Bonchev–Trinajstić information content (AvgIpc) is 2.81. The molecule has 1 aromatic carbocycles. The maximum Gasteiger partial charge on any atom is 0.446 e. The number of benzene rings is 1. The molecular weight excluding hydrogens is 425 g/mol. The summed E-state index contributed by atoms with van der Waals surface area (Å²) in [6.07, 6.45) is 3.41. The number of alkyl halides is 3. The number of rotatable bonds is 5. The van der Waals surface area contributed by atoms with Gasteiger partial charge in [0.15, 0.2) is 5.16 Å². The van der Waals surface area contributed by atoms with Crippen LogP contribution in [0.2, 0.25) is 0 Å². The molecule has 3 amide bonds. The number of imide groups is 1. The lowest BCUT2D eigenvalue weighted by Gasteiger charge is -2.27. The minimum Gasteiger partial charge on any atom is -0.304 e. The van der Waals surface area contributed by atoms with Gasteiger partial charge in [-0.05, 0) is 62.2 Å². The summed E-state index contributed by atoms with van der Waals surface area (Å²) >= 11 is 1.10. The second-order valence-corrected chi connectivity index (χ2v) is 8.56. The zero-order valence-corrected chi connectivity index (χ0v) is 17.4. The van der Waals surface area contributed by atoms with E-state index in [2.05, 4.69) is 9.97 Å². The van der Waals surface area contributed by atoms with Crippen LogP contribution in [0.1, 0.15) is 19.5 Å². The Hall–Kier alpha value is -2.27. The summed E-state index contributed by atoms with van der Waals surface area (Å²) < 4.78 is 37.5. The number of halogens is 3. The standard InChI is InChI=1S/C18H17F3N4O2S2/c1-17(2)14(26)25(12-4-6-13(7-5-12)29-18(19,20)21)16(27)24(17)10-11-8-9-22-15(23-11)28-3/h4-9H,10H2,1-3H3. The van der Waals surface area contributed by atoms with Gasteiger partial charge in [-0.15, -0.1) is 0 Å². The minimum atomic E-state index is -4.41. The molecule has 0 saturated carbocycles. The van der Waals surface area contributed by atoms with Gasteiger partial charge in [0.25, 0.3) is 5.91 Å². The first-order chi connectivity index (χ1) is 13.5. The quantitative estimate of drug-likeness (QED) is 0.384. The van der Waals surface area contributed by atoms with Gasteiger partial charge in [0, 0.05) is 11.1 Å². The fraction of sp³-hybridized carbons (Fsp3) is 0.333. The topological polar surface area (TPSA) is 66.4 Å². The van der Waals surface area contributed by atoms with Crippen molar-refractivity contribution < 1.29 is 22.8 Å². The summed E-state index contributed by atoms with van der Waals surface area (Å²) in [7, 11) is 0. The second kappa shape index (κ2) is 7.86. The first-order valence-corrected chi connectivity index (χ1v) is 10.4. The fourth-order valence-corrected chi connectivity index (χ4v) is 3.76. The zero-order valence-electron chi connectivity index (χ0n) is 15.7. The van der Waals surface area contributed by atoms with Crippen molar-refractivity contribution in [2.24, 2.45) is 0 Å². The van der Waals surface area contributed by atoms with E-state index in [1.54, 1.807) is 26.1 Å². The molecule has 0 bridgehead atoms. The zero-order chi connectivity index (χ0) is 21.4. The van der Waals surface area contributed by atoms with Crippen molar-refractivity contribution in [3.63, 3.8) is 0 Å². The number of urea groups is 1. The van der Waals surface area contributed by atoms with E-state index in [-0.39, 0.29) is 28.9 Å². The number of carbonyl (C=O) groups excluding carboxylic acids is 2. The molecule has 0 unspecified atom stereocenters. The van der Waals surface area contributed by atoms with E-state index in [0.717, 1.165) is 4.90 Å². The smallest absolute Gasteiger partial charge is 0.304 e. The number of thioether (sulfide) groups is 2. The van der Waals surface area contributed by atoms with Gasteiger partial charge < -0.3 is 4.90 Å². The molecule has 2 aromatic rings. The molecule has 11 heteroatoms. The third-order valence-corrected chi connectivity index (χ3v) is 5.65. The Morgan fingerprint density at radius 2 is 1.76 bits per heavy atom. The number of nitrogens with zero attached hydrogens (tertiary/aromatic N) is 4. The number of aromatic nitrogens is 2. The lowest BCUT2D eigenvalue weighted by atomic mass is 10.0. The Bertz CT molecular complexity index is 935. The van der Waals surface area contributed by atoms with Crippen LogP contribution in [-0.4, -0.2) is 44.1 Å². The van der Waals surface area contributed by atoms with E-state index >= 15 is 0 Å². The summed E-state index contributed by atoms with van der Waals surface area (Å²) in [6, 6.07) is 6.25. The molecule has 154 valence electrons. The highest BCUT2D eigenvalue weighted by atomic mass is 32.2. The first-order valence-electron chi connectivity index (χ1n) is 8.41. The molecule has 1 aromatic heterocycles. The van der Waals surface area contributed by atoms with Gasteiger partial charge in [0.05, 0.1) is 17.9 Å². The summed E-state index contributed by atoms with van der Waals surface area (Å²) in [5, 5.41) is 0.549. The molecule has 1 aliphatic rings. The van der Waals surface area contributed by atoms with Crippen molar-refractivity contribution in [2.75, 3.05) is 11.2 Å². The molecule has 2 heterocycles. The van der Waals surface area contributed by atoms with Gasteiger partial charge in [0.2, 0.25) is 0 Å². The highest BCUT2D eigenvalue weighted by Gasteiger charge is 2.51. The van der Waals surface area contributed by atoms with Crippen molar-refractivity contribution in [2.45, 2.75) is 41.5 Å². The molecule has 1 fully saturated rings. The Kier molecular flexibility index (Phi) is 5.81. The molecule has 0 spiro atoms. The number of carbonyl (C=O) groups is 2. The Balaban J connectivity index is 1.86. The summed E-state index contributed by atoms with van der Waals surface area (Å²) in [6.45, 7) is 3.35. The maximum absolute atomic E-state index is 13.0. The highest BCUT2D eigenvalue weighted by molar-refractivity contribution is 8.00. The minimum absolute atomic E-state index is 0.0259. The monoisotopic (exact) mass is 442 g/mol. The molecule has 0 atom stereocenters. The van der Waals surface area contributed by atoms with Crippen LogP contribution in [0, 0.1) is 0 Å². The van der Waals surface area contributed by atoms with Crippen molar-refractivity contribution in [3.8, 4) is 0 Å². The summed E-state index contributed by atoms with van der Waals surface area (Å²) in [4.78, 5) is 36.7. The van der Waals surface area contributed by atoms with Gasteiger partial charge in [-0.2, -0.15) is 13.2 Å². The van der Waals surface area contributed by atoms with Gasteiger partial charge in [0.1, 0.15) is 5.54 Å². The number of hydrogen-bond donors (Lipinski definition) is 0. The normalized spacial score (nSPS) is 16.6. The predicted octanol–water partition coefficient (Wildman–Crippen LogP) is 4.56. The van der Waals surface area contributed by atoms with Crippen molar-refractivity contribution in [1.29, 1.82) is 0 Å². The lowest BCUT2D eigenvalue weighted by Crippen LogP contribution is -2.43. The first kappa shape index (κ1) is 21.4. The Morgan fingerprint density at radius 1 is 1.10 bits per heavy atom. The third-order valence-electron chi connectivity index (χ3n) is 4.35. The number of hydrogen-bond acceptors (Lipinski definition) is 6.